The lowest BCUT2D eigenvalue weighted by molar-refractivity contribution is 0.126. The summed E-state index contributed by atoms with van der Waals surface area (Å²) in [6.45, 7) is 0.229. The molecule has 0 aromatic heterocycles. The van der Waals surface area contributed by atoms with Crippen LogP contribution in [0, 0.1) is 0 Å². The molecule has 2 rings (SSSR count). The Labute approximate surface area is 127 Å². The van der Waals surface area contributed by atoms with Crippen LogP contribution in [0.4, 0.5) is 0 Å². The first kappa shape index (κ1) is 15.0. The van der Waals surface area contributed by atoms with Gasteiger partial charge in [-0.05, 0) is 48.5 Å². The summed E-state index contributed by atoms with van der Waals surface area (Å²) in [4.78, 5) is 0.994. The molecule has 0 aliphatic rings. The van der Waals surface area contributed by atoms with Crippen molar-refractivity contribution in [3.05, 3.63) is 53.6 Å². The molecule has 1 unspecified atom stereocenters. The van der Waals surface area contributed by atoms with Crippen LogP contribution in [0.25, 0.3) is 0 Å². The first-order valence-corrected chi connectivity index (χ1v) is 7.48. The molecule has 0 aliphatic carbocycles. The number of thioether (sulfide) groups is 1. The predicted octanol–water partition coefficient (Wildman–Crippen LogP) is 3.58. The van der Waals surface area contributed by atoms with E-state index in [-0.39, 0.29) is 12.4 Å². The van der Waals surface area contributed by atoms with Crippen LogP contribution >= 0.6 is 23.4 Å². The Morgan fingerprint density at radius 3 is 2.35 bits per heavy atom. The Balaban J connectivity index is 1.73. The highest BCUT2D eigenvalue weighted by Gasteiger charge is 2.06. The van der Waals surface area contributed by atoms with E-state index in [1.54, 1.807) is 36.4 Å². The maximum absolute atomic E-state index is 9.86. The van der Waals surface area contributed by atoms with Crippen LogP contribution in [-0.4, -0.2) is 28.7 Å². The van der Waals surface area contributed by atoms with Crippen LogP contribution in [-0.2, 0) is 0 Å². The van der Waals surface area contributed by atoms with E-state index in [1.165, 1.54) is 11.8 Å². The van der Waals surface area contributed by atoms with Crippen molar-refractivity contribution in [3.63, 3.8) is 0 Å². The fourth-order valence-electron chi connectivity index (χ4n) is 1.51. The van der Waals surface area contributed by atoms with Crippen LogP contribution in [0.1, 0.15) is 0 Å². The minimum atomic E-state index is -0.565. The van der Waals surface area contributed by atoms with Gasteiger partial charge in [-0.25, -0.2) is 0 Å². The van der Waals surface area contributed by atoms with Gasteiger partial charge < -0.3 is 14.9 Å². The Morgan fingerprint density at radius 2 is 1.70 bits per heavy atom. The highest BCUT2D eigenvalue weighted by Crippen LogP contribution is 2.22. The molecule has 0 saturated heterocycles. The highest BCUT2D eigenvalue weighted by atomic mass is 35.5. The average Bonchev–Trinajstić information content (AvgIpc) is 2.46. The summed E-state index contributed by atoms with van der Waals surface area (Å²) >= 11 is 7.29. The van der Waals surface area contributed by atoms with Crippen molar-refractivity contribution in [1.29, 1.82) is 0 Å². The number of benzene rings is 2. The molecule has 2 aromatic rings. The second-order valence-electron chi connectivity index (χ2n) is 4.22. The third-order valence-corrected chi connectivity index (χ3v) is 3.94. The van der Waals surface area contributed by atoms with Crippen LogP contribution in [0.15, 0.2) is 53.4 Å². The van der Waals surface area contributed by atoms with Crippen LogP contribution < -0.4 is 4.74 Å². The molecule has 0 saturated carbocycles. The molecule has 3 nitrogen and oxygen atoms in total. The number of ether oxygens (including phenoxy) is 1. The van der Waals surface area contributed by atoms with Gasteiger partial charge >= 0.3 is 0 Å². The standard InChI is InChI=1S/C15H15ClO3S/c16-11-1-5-14(6-2-11)19-9-13(18)10-20-15-7-3-12(17)4-8-15/h1-8,13,17-18H,9-10H2. The molecule has 0 bridgehead atoms. The molecule has 1 atom stereocenters. The van der Waals surface area contributed by atoms with Crippen molar-refractivity contribution in [2.75, 3.05) is 12.4 Å². The minimum Gasteiger partial charge on any atom is -0.508 e. The van der Waals surface area contributed by atoms with E-state index in [1.807, 2.05) is 12.1 Å². The second-order valence-corrected chi connectivity index (χ2v) is 5.75. The van der Waals surface area contributed by atoms with E-state index in [0.29, 0.717) is 16.5 Å². The van der Waals surface area contributed by atoms with E-state index in [9.17, 15) is 10.2 Å². The van der Waals surface area contributed by atoms with Gasteiger partial charge in [0.2, 0.25) is 0 Å². The smallest absolute Gasteiger partial charge is 0.119 e. The summed E-state index contributed by atoms with van der Waals surface area (Å²) in [5.74, 6) is 1.45. The molecule has 0 radical (unpaired) electrons. The number of rotatable bonds is 6. The topological polar surface area (TPSA) is 49.7 Å². The third-order valence-electron chi connectivity index (χ3n) is 2.54. The van der Waals surface area contributed by atoms with Crippen molar-refractivity contribution in [2.24, 2.45) is 0 Å². The molecule has 5 heteroatoms. The van der Waals surface area contributed by atoms with E-state index in [0.717, 1.165) is 4.90 Å². The van der Waals surface area contributed by atoms with Gasteiger partial charge in [-0.15, -0.1) is 11.8 Å². The molecule has 20 heavy (non-hydrogen) atoms. The second kappa shape index (κ2) is 7.43. The van der Waals surface area contributed by atoms with Crippen LogP contribution in [0.5, 0.6) is 11.5 Å². The highest BCUT2D eigenvalue weighted by molar-refractivity contribution is 7.99. The van der Waals surface area contributed by atoms with Gasteiger partial charge in [0, 0.05) is 15.7 Å². The van der Waals surface area contributed by atoms with Gasteiger partial charge in [0.05, 0.1) is 6.10 Å². The van der Waals surface area contributed by atoms with Crippen molar-refractivity contribution in [2.45, 2.75) is 11.0 Å². The summed E-state index contributed by atoms with van der Waals surface area (Å²) < 4.78 is 5.47. The number of halogens is 1. The fraction of sp³-hybridized carbons (Fsp3) is 0.200. The van der Waals surface area contributed by atoms with Gasteiger partial charge in [-0.1, -0.05) is 11.6 Å². The summed E-state index contributed by atoms with van der Waals surface area (Å²) in [5.41, 5.74) is 0. The maximum atomic E-state index is 9.86. The van der Waals surface area contributed by atoms with E-state index < -0.39 is 6.10 Å². The van der Waals surface area contributed by atoms with Gasteiger partial charge in [0.25, 0.3) is 0 Å². The van der Waals surface area contributed by atoms with Gasteiger partial charge in [0.1, 0.15) is 18.1 Å². The third kappa shape index (κ3) is 4.96. The lowest BCUT2D eigenvalue weighted by atomic mass is 10.3. The van der Waals surface area contributed by atoms with Crippen molar-refractivity contribution in [1.82, 2.24) is 0 Å². The van der Waals surface area contributed by atoms with Gasteiger partial charge in [-0.2, -0.15) is 0 Å². The number of aliphatic hydroxyl groups excluding tert-OH is 1. The number of hydrogen-bond acceptors (Lipinski definition) is 4. The molecular weight excluding hydrogens is 296 g/mol. The molecular formula is C15H15ClO3S. The summed E-state index contributed by atoms with van der Waals surface area (Å²) in [7, 11) is 0. The quantitative estimate of drug-likeness (QED) is 0.801. The van der Waals surface area contributed by atoms with Crippen molar-refractivity contribution >= 4 is 23.4 Å². The normalized spacial score (nSPS) is 12.1. The Bertz CT molecular complexity index is 478. The molecule has 0 aliphatic heterocycles. The SMILES string of the molecule is Oc1ccc(SCC(O)COc2ccc(Cl)cc2)cc1. The molecule has 0 fully saturated rings. The largest absolute Gasteiger partial charge is 0.508 e. The fourth-order valence-corrected chi connectivity index (χ4v) is 2.44. The van der Waals surface area contributed by atoms with Crippen molar-refractivity contribution in [3.8, 4) is 11.5 Å². The zero-order chi connectivity index (χ0) is 14.4. The van der Waals surface area contributed by atoms with E-state index in [2.05, 4.69) is 0 Å². The summed E-state index contributed by atoms with van der Waals surface area (Å²) in [5, 5.41) is 19.7. The monoisotopic (exact) mass is 310 g/mol. The lowest BCUT2D eigenvalue weighted by Gasteiger charge is -2.12. The molecule has 2 aromatic carbocycles. The van der Waals surface area contributed by atoms with Gasteiger partial charge in [0.15, 0.2) is 0 Å². The molecule has 0 spiro atoms. The Kier molecular flexibility index (Phi) is 5.59. The van der Waals surface area contributed by atoms with Crippen molar-refractivity contribution < 1.29 is 14.9 Å². The zero-order valence-electron chi connectivity index (χ0n) is 10.7. The minimum absolute atomic E-state index is 0.229. The van der Waals surface area contributed by atoms with E-state index >= 15 is 0 Å². The van der Waals surface area contributed by atoms with Gasteiger partial charge in [-0.3, -0.25) is 0 Å². The zero-order valence-corrected chi connectivity index (χ0v) is 12.3. The Morgan fingerprint density at radius 1 is 1.05 bits per heavy atom. The molecule has 0 amide bonds. The Hall–Kier alpha value is -1.36. The number of hydrogen-bond donors (Lipinski definition) is 2. The van der Waals surface area contributed by atoms with Crippen LogP contribution in [0.3, 0.4) is 0 Å². The summed E-state index contributed by atoms with van der Waals surface area (Å²) in [6.07, 6.45) is -0.565. The average molecular weight is 311 g/mol. The summed E-state index contributed by atoms with van der Waals surface area (Å²) in [6, 6.07) is 13.9. The molecule has 0 heterocycles. The lowest BCUT2D eigenvalue weighted by Crippen LogP contribution is -2.19. The van der Waals surface area contributed by atoms with Crippen LogP contribution in [0.2, 0.25) is 5.02 Å². The molecule has 2 N–H and O–H groups in total. The first-order chi connectivity index (χ1) is 9.63. The predicted molar refractivity (Wildman–Crippen MR) is 81.8 cm³/mol. The molecule has 106 valence electrons. The number of aromatic hydroxyl groups is 1. The number of aliphatic hydroxyl groups is 1. The first-order valence-electron chi connectivity index (χ1n) is 6.12. The number of phenolic OH excluding ortho intramolecular Hbond substituents is 1. The maximum Gasteiger partial charge on any atom is 0.119 e. The van der Waals surface area contributed by atoms with E-state index in [4.69, 9.17) is 16.3 Å². The number of phenols is 1.